The monoisotopic (exact) mass is 337 g/mol. The van der Waals surface area contributed by atoms with E-state index in [2.05, 4.69) is 25.8 Å². The van der Waals surface area contributed by atoms with Crippen molar-refractivity contribution in [2.45, 2.75) is 25.4 Å². The molecule has 1 aliphatic rings. The van der Waals surface area contributed by atoms with Crippen LogP contribution < -0.4 is 5.56 Å². The summed E-state index contributed by atoms with van der Waals surface area (Å²) in [6.07, 6.45) is 3.82. The van der Waals surface area contributed by atoms with Gasteiger partial charge in [-0.2, -0.15) is 0 Å². The molecule has 1 atom stereocenters. The van der Waals surface area contributed by atoms with Gasteiger partial charge in [-0.25, -0.2) is 4.98 Å². The lowest BCUT2D eigenvalue weighted by molar-refractivity contribution is 0.152. The maximum Gasteiger partial charge on any atom is 0.258 e. The minimum atomic E-state index is -0.0777. The van der Waals surface area contributed by atoms with Crippen molar-refractivity contribution in [3.8, 4) is 0 Å². The Morgan fingerprint density at radius 2 is 2.30 bits per heavy atom. The normalized spacial score (nSPS) is 19.8. The smallest absolute Gasteiger partial charge is 0.258 e. The van der Waals surface area contributed by atoms with E-state index in [0.717, 1.165) is 29.6 Å². The van der Waals surface area contributed by atoms with Crippen LogP contribution in [-0.4, -0.2) is 38.6 Å². The van der Waals surface area contributed by atoms with Gasteiger partial charge in [0.1, 0.15) is 5.65 Å². The summed E-state index contributed by atoms with van der Waals surface area (Å²) in [5, 5.41) is 9.34. The predicted molar refractivity (Wildman–Crippen MR) is 79.7 cm³/mol. The van der Waals surface area contributed by atoms with Gasteiger partial charge in [-0.1, -0.05) is 0 Å². The van der Waals surface area contributed by atoms with E-state index in [9.17, 15) is 9.90 Å². The molecule has 1 aliphatic heterocycles. The molecule has 0 amide bonds. The highest BCUT2D eigenvalue weighted by Gasteiger charge is 2.24. The molecule has 0 spiro atoms. The second kappa shape index (κ2) is 5.63. The lowest BCUT2D eigenvalue weighted by Gasteiger charge is -2.22. The van der Waals surface area contributed by atoms with Gasteiger partial charge < -0.3 is 5.11 Å². The van der Waals surface area contributed by atoms with E-state index >= 15 is 0 Å². The Morgan fingerprint density at radius 1 is 1.45 bits per heavy atom. The maximum absolute atomic E-state index is 12.1. The second-order valence-electron chi connectivity index (χ2n) is 5.11. The molecule has 0 unspecified atom stereocenters. The molecule has 0 bridgehead atoms. The Labute approximate surface area is 125 Å². The van der Waals surface area contributed by atoms with Crippen LogP contribution in [0.2, 0.25) is 0 Å². The molecule has 0 saturated carbocycles. The average Bonchev–Trinajstić information content (AvgIpc) is 2.87. The largest absolute Gasteiger partial charge is 0.395 e. The van der Waals surface area contributed by atoms with E-state index in [-0.39, 0.29) is 18.2 Å². The molecule has 20 heavy (non-hydrogen) atoms. The topological polar surface area (TPSA) is 57.8 Å². The molecule has 1 N–H and O–H groups in total. The van der Waals surface area contributed by atoms with Crippen molar-refractivity contribution in [1.82, 2.24) is 14.3 Å². The second-order valence-corrected chi connectivity index (χ2v) is 6.03. The number of aliphatic hydroxyl groups is 1. The standard InChI is InChI=1S/C14H16BrN3O2/c15-10-3-4-13-16-11(6-14(20)18(13)7-10)8-17-5-1-2-12(17)9-19/h3-4,6-7,12,19H,1-2,5,8-9H2/t12-/m0/s1. The van der Waals surface area contributed by atoms with Gasteiger partial charge in [0.05, 0.1) is 12.3 Å². The molecular weight excluding hydrogens is 322 g/mol. The summed E-state index contributed by atoms with van der Waals surface area (Å²) in [7, 11) is 0. The predicted octanol–water partition coefficient (Wildman–Crippen LogP) is 1.41. The third kappa shape index (κ3) is 2.63. The minimum absolute atomic E-state index is 0.0777. The van der Waals surface area contributed by atoms with Gasteiger partial charge in [0.2, 0.25) is 0 Å². The van der Waals surface area contributed by atoms with E-state index in [4.69, 9.17) is 0 Å². The number of halogens is 1. The number of likely N-dealkylation sites (tertiary alicyclic amines) is 1. The Balaban J connectivity index is 1.93. The first-order chi connectivity index (χ1) is 9.67. The van der Waals surface area contributed by atoms with Crippen molar-refractivity contribution >= 4 is 21.6 Å². The molecule has 3 rings (SSSR count). The molecule has 2 aromatic rings. The molecule has 1 fully saturated rings. The van der Waals surface area contributed by atoms with Crippen molar-refractivity contribution in [1.29, 1.82) is 0 Å². The molecule has 0 aliphatic carbocycles. The van der Waals surface area contributed by atoms with Gasteiger partial charge in [-0.05, 0) is 47.4 Å². The lowest BCUT2D eigenvalue weighted by Crippen LogP contribution is -2.32. The fourth-order valence-electron chi connectivity index (χ4n) is 2.73. The number of rotatable bonds is 3. The van der Waals surface area contributed by atoms with Crippen molar-refractivity contribution in [2.75, 3.05) is 13.2 Å². The summed E-state index contributed by atoms with van der Waals surface area (Å²) >= 11 is 3.35. The van der Waals surface area contributed by atoms with Crippen LogP contribution in [-0.2, 0) is 6.54 Å². The number of hydrogen-bond acceptors (Lipinski definition) is 4. The van der Waals surface area contributed by atoms with Crippen LogP contribution in [0.5, 0.6) is 0 Å². The molecule has 3 heterocycles. The van der Waals surface area contributed by atoms with Gasteiger partial charge >= 0.3 is 0 Å². The summed E-state index contributed by atoms with van der Waals surface area (Å²) < 4.78 is 2.38. The fraction of sp³-hybridized carbons (Fsp3) is 0.429. The Kier molecular flexibility index (Phi) is 3.87. The van der Waals surface area contributed by atoms with E-state index in [1.54, 1.807) is 12.3 Å². The van der Waals surface area contributed by atoms with Crippen molar-refractivity contribution in [3.63, 3.8) is 0 Å². The molecular formula is C14H16BrN3O2. The van der Waals surface area contributed by atoms with Crippen LogP contribution in [0.15, 0.2) is 33.7 Å². The molecule has 6 heteroatoms. The molecule has 5 nitrogen and oxygen atoms in total. The summed E-state index contributed by atoms with van der Waals surface area (Å²) in [6, 6.07) is 5.47. The van der Waals surface area contributed by atoms with Crippen LogP contribution in [0.3, 0.4) is 0 Å². The zero-order valence-corrected chi connectivity index (χ0v) is 12.6. The van der Waals surface area contributed by atoms with Crippen LogP contribution >= 0.6 is 15.9 Å². The quantitative estimate of drug-likeness (QED) is 0.920. The van der Waals surface area contributed by atoms with Crippen molar-refractivity contribution in [2.24, 2.45) is 0 Å². The minimum Gasteiger partial charge on any atom is -0.395 e. The Hall–Kier alpha value is -1.24. The first-order valence-electron chi connectivity index (χ1n) is 6.70. The van der Waals surface area contributed by atoms with E-state index in [0.29, 0.717) is 12.2 Å². The molecule has 2 aromatic heterocycles. The van der Waals surface area contributed by atoms with Crippen LogP contribution in [0.4, 0.5) is 0 Å². The molecule has 1 saturated heterocycles. The highest BCUT2D eigenvalue weighted by atomic mass is 79.9. The fourth-order valence-corrected chi connectivity index (χ4v) is 3.06. The van der Waals surface area contributed by atoms with Gasteiger partial charge in [0.15, 0.2) is 0 Å². The number of hydrogen-bond donors (Lipinski definition) is 1. The third-order valence-electron chi connectivity index (χ3n) is 3.75. The molecule has 0 radical (unpaired) electrons. The Morgan fingerprint density at radius 3 is 3.10 bits per heavy atom. The summed E-state index contributed by atoms with van der Waals surface area (Å²) in [5.41, 5.74) is 1.33. The van der Waals surface area contributed by atoms with Crippen LogP contribution in [0.25, 0.3) is 5.65 Å². The van der Waals surface area contributed by atoms with Crippen molar-refractivity contribution in [3.05, 3.63) is 44.9 Å². The number of aliphatic hydroxyl groups excluding tert-OH is 1. The van der Waals surface area contributed by atoms with Crippen LogP contribution in [0, 0.1) is 0 Å². The summed E-state index contributed by atoms with van der Waals surface area (Å²) in [5.74, 6) is 0. The highest BCUT2D eigenvalue weighted by molar-refractivity contribution is 9.10. The van der Waals surface area contributed by atoms with Gasteiger partial charge in [-0.15, -0.1) is 0 Å². The lowest BCUT2D eigenvalue weighted by atomic mass is 10.2. The number of fused-ring (bicyclic) bond motifs is 1. The molecule has 106 valence electrons. The SMILES string of the molecule is O=c1cc(CN2CCC[C@H]2CO)nc2ccc(Br)cn12. The van der Waals surface area contributed by atoms with E-state index < -0.39 is 0 Å². The number of aromatic nitrogens is 2. The third-order valence-corrected chi connectivity index (χ3v) is 4.22. The summed E-state index contributed by atoms with van der Waals surface area (Å²) in [6.45, 7) is 1.74. The van der Waals surface area contributed by atoms with Crippen LogP contribution in [0.1, 0.15) is 18.5 Å². The maximum atomic E-state index is 12.1. The average molecular weight is 338 g/mol. The zero-order chi connectivity index (χ0) is 14.1. The summed E-state index contributed by atoms with van der Waals surface area (Å²) in [4.78, 5) is 18.8. The first-order valence-corrected chi connectivity index (χ1v) is 7.49. The van der Waals surface area contributed by atoms with Crippen molar-refractivity contribution < 1.29 is 5.11 Å². The number of nitrogens with zero attached hydrogens (tertiary/aromatic N) is 3. The van der Waals surface area contributed by atoms with Gasteiger partial charge in [0.25, 0.3) is 5.56 Å². The van der Waals surface area contributed by atoms with E-state index in [1.807, 2.05) is 12.1 Å². The first kappa shape index (κ1) is 13.7. The Bertz CT molecular complexity index is 686. The zero-order valence-electron chi connectivity index (χ0n) is 11.0. The van der Waals surface area contributed by atoms with Gasteiger partial charge in [-0.3, -0.25) is 14.1 Å². The highest BCUT2D eigenvalue weighted by Crippen LogP contribution is 2.19. The molecule has 0 aromatic carbocycles. The van der Waals surface area contributed by atoms with E-state index in [1.165, 1.54) is 4.40 Å². The van der Waals surface area contributed by atoms with Gasteiger partial charge in [0, 0.05) is 29.3 Å². The number of pyridine rings is 1.